The molecule has 194 valence electrons. The molecule has 6 nitrogen and oxygen atoms in total. The number of rotatable bonds is 10. The average molecular weight is 483 g/mol. The first-order valence-corrected chi connectivity index (χ1v) is 11.2. The summed E-state index contributed by atoms with van der Waals surface area (Å²) in [5, 5.41) is 19.9. The van der Waals surface area contributed by atoms with Gasteiger partial charge in [0.25, 0.3) is 0 Å². The van der Waals surface area contributed by atoms with Crippen molar-refractivity contribution in [2.24, 2.45) is 11.8 Å². The molecule has 2 N–H and O–H groups in total. The Morgan fingerprint density at radius 2 is 1.30 bits per heavy atom. The molecule has 0 spiro atoms. The maximum Gasteiger partial charge on any atom is 0.419 e. The second-order valence-electron chi connectivity index (χ2n) is 11.3. The highest BCUT2D eigenvalue weighted by molar-refractivity contribution is 5.87. The third kappa shape index (κ3) is 8.85. The molecule has 0 saturated heterocycles. The number of carbonyl (C=O) groups excluding carboxylic acids is 1. The van der Waals surface area contributed by atoms with Gasteiger partial charge in [-0.25, -0.2) is 4.79 Å². The zero-order valence-electron chi connectivity index (χ0n) is 21.1. The van der Waals surface area contributed by atoms with Gasteiger partial charge in [-0.3, -0.25) is 0 Å². The second kappa shape index (κ2) is 10.2. The topological polar surface area (TPSA) is 85.2 Å². The first-order valence-electron chi connectivity index (χ1n) is 11.2. The smallest absolute Gasteiger partial charge is 0.419 e. The molecular weight excluding hydrogens is 441 g/mol. The summed E-state index contributed by atoms with van der Waals surface area (Å²) in [4.78, 5) is 12.2. The van der Waals surface area contributed by atoms with Crippen LogP contribution >= 0.6 is 0 Å². The van der Waals surface area contributed by atoms with Crippen molar-refractivity contribution in [3.63, 3.8) is 0 Å². The Hall–Kier alpha value is -1.16. The van der Waals surface area contributed by atoms with E-state index in [9.17, 15) is 28.2 Å². The maximum absolute atomic E-state index is 13.1. The molecule has 0 aromatic heterocycles. The van der Waals surface area contributed by atoms with Gasteiger partial charge in [-0.15, -0.1) is 0 Å². The molecule has 1 fully saturated rings. The summed E-state index contributed by atoms with van der Waals surface area (Å²) in [6.45, 7) is 15.4. The Balaban J connectivity index is 3.10. The fourth-order valence-electron chi connectivity index (χ4n) is 3.76. The van der Waals surface area contributed by atoms with Gasteiger partial charge in [-0.2, -0.15) is 13.2 Å². The molecule has 0 bridgehead atoms. The Kier molecular flexibility index (Phi) is 9.25. The molecule has 1 rings (SSSR count). The van der Waals surface area contributed by atoms with Crippen LogP contribution in [-0.2, 0) is 19.0 Å². The van der Waals surface area contributed by atoms with Crippen LogP contribution in [0.4, 0.5) is 13.2 Å². The van der Waals surface area contributed by atoms with E-state index in [0.717, 1.165) is 0 Å². The minimum atomic E-state index is -4.83. The predicted molar refractivity (Wildman–Crippen MR) is 119 cm³/mol. The van der Waals surface area contributed by atoms with E-state index in [0.29, 0.717) is 26.2 Å². The van der Waals surface area contributed by atoms with Crippen molar-refractivity contribution in [2.45, 2.75) is 109 Å². The van der Waals surface area contributed by atoms with Crippen LogP contribution in [0.2, 0.25) is 0 Å². The van der Waals surface area contributed by atoms with Crippen LogP contribution in [0.1, 0.15) is 74.7 Å². The first kappa shape index (κ1) is 29.9. The van der Waals surface area contributed by atoms with Crippen molar-refractivity contribution in [3.05, 3.63) is 12.2 Å². The average Bonchev–Trinajstić information content (AvgIpc) is 2.63. The second-order valence-corrected chi connectivity index (χ2v) is 11.3. The van der Waals surface area contributed by atoms with Gasteiger partial charge in [-0.05, 0) is 86.5 Å². The van der Waals surface area contributed by atoms with E-state index in [1.807, 2.05) is 13.8 Å². The molecule has 4 atom stereocenters. The molecule has 1 aliphatic rings. The van der Waals surface area contributed by atoms with Crippen molar-refractivity contribution >= 4 is 5.97 Å². The van der Waals surface area contributed by atoms with E-state index >= 15 is 0 Å². The number of hydrogen-bond donors (Lipinski definition) is 2. The van der Waals surface area contributed by atoms with Gasteiger partial charge in [0.1, 0.15) is 6.10 Å². The highest BCUT2D eigenvalue weighted by atomic mass is 19.4. The number of carbonyl (C=O) groups is 1. The third-order valence-electron chi connectivity index (χ3n) is 6.39. The normalized spacial score (nSPS) is 24.8. The lowest BCUT2D eigenvalue weighted by Crippen LogP contribution is -2.52. The monoisotopic (exact) mass is 482 g/mol. The lowest BCUT2D eigenvalue weighted by molar-refractivity contribution is -0.279. The Morgan fingerprint density at radius 3 is 1.67 bits per heavy atom. The fourth-order valence-corrected chi connectivity index (χ4v) is 3.76. The van der Waals surface area contributed by atoms with Crippen LogP contribution in [-0.4, -0.2) is 64.1 Å². The third-order valence-corrected chi connectivity index (χ3v) is 6.39. The van der Waals surface area contributed by atoms with E-state index in [1.54, 1.807) is 34.6 Å². The van der Waals surface area contributed by atoms with Crippen molar-refractivity contribution in [1.29, 1.82) is 0 Å². The zero-order valence-corrected chi connectivity index (χ0v) is 21.1. The summed E-state index contributed by atoms with van der Waals surface area (Å²) in [7, 11) is 0. The SMILES string of the molecule is C=C(C)C(=O)OC1CC(C(C)(C)OCC(C)(C)O)CC(C(C)(C)OCC(C)(O)C(F)(F)F)C1. The largest absolute Gasteiger partial charge is 0.459 e. The van der Waals surface area contributed by atoms with Gasteiger partial charge >= 0.3 is 12.1 Å². The Bertz CT molecular complexity index is 691. The van der Waals surface area contributed by atoms with Crippen LogP contribution in [0.15, 0.2) is 12.2 Å². The molecule has 0 aromatic carbocycles. The predicted octanol–water partition coefficient (Wildman–Crippen LogP) is 4.57. The number of halogens is 3. The van der Waals surface area contributed by atoms with Gasteiger partial charge in [0.15, 0.2) is 5.60 Å². The van der Waals surface area contributed by atoms with E-state index in [1.165, 1.54) is 0 Å². The summed E-state index contributed by atoms with van der Waals surface area (Å²) in [5.74, 6) is -0.950. The van der Waals surface area contributed by atoms with Gasteiger partial charge in [0.05, 0.1) is 30.0 Å². The van der Waals surface area contributed by atoms with Crippen LogP contribution < -0.4 is 0 Å². The molecule has 0 aliphatic heterocycles. The molecular formula is C24H41F3O6. The zero-order chi connectivity index (χ0) is 26.0. The summed E-state index contributed by atoms with van der Waals surface area (Å²) in [6.07, 6.45) is -3.91. The fraction of sp³-hybridized carbons (Fsp3) is 0.875. The number of ether oxygens (including phenoxy) is 3. The molecule has 0 amide bonds. The van der Waals surface area contributed by atoms with Gasteiger partial charge in [0.2, 0.25) is 0 Å². The quantitative estimate of drug-likeness (QED) is 0.351. The summed E-state index contributed by atoms with van der Waals surface area (Å²) in [6, 6.07) is 0. The van der Waals surface area contributed by atoms with Crippen molar-refractivity contribution in [2.75, 3.05) is 13.2 Å². The first-order chi connectivity index (χ1) is 14.6. The minimum Gasteiger partial charge on any atom is -0.459 e. The van der Waals surface area contributed by atoms with E-state index < -0.39 is 47.3 Å². The molecule has 33 heavy (non-hydrogen) atoms. The number of alkyl halides is 3. The number of esters is 1. The van der Waals surface area contributed by atoms with Crippen molar-refractivity contribution in [3.8, 4) is 0 Å². The van der Waals surface area contributed by atoms with Crippen LogP contribution in [0.3, 0.4) is 0 Å². The van der Waals surface area contributed by atoms with Crippen LogP contribution in [0.5, 0.6) is 0 Å². The number of aliphatic hydroxyl groups is 2. The van der Waals surface area contributed by atoms with Gasteiger partial charge < -0.3 is 24.4 Å². The lowest BCUT2D eigenvalue weighted by Gasteiger charge is -2.47. The maximum atomic E-state index is 13.1. The minimum absolute atomic E-state index is 0.0890. The summed E-state index contributed by atoms with van der Waals surface area (Å²) < 4.78 is 56.6. The molecule has 4 unspecified atom stereocenters. The highest BCUT2D eigenvalue weighted by Gasteiger charge is 2.52. The van der Waals surface area contributed by atoms with Crippen LogP contribution in [0.25, 0.3) is 0 Å². The van der Waals surface area contributed by atoms with Crippen molar-refractivity contribution < 1.29 is 42.4 Å². The highest BCUT2D eigenvalue weighted by Crippen LogP contribution is 2.45. The van der Waals surface area contributed by atoms with Crippen molar-refractivity contribution in [1.82, 2.24) is 0 Å². The van der Waals surface area contributed by atoms with E-state index in [2.05, 4.69) is 6.58 Å². The van der Waals surface area contributed by atoms with Gasteiger partial charge in [-0.1, -0.05) is 6.58 Å². The molecule has 1 saturated carbocycles. The standard InChI is InChI=1S/C24H41F3O6/c1-15(2)19(28)33-18-11-16(21(5,6)31-13-20(3,4)29)10-17(12-18)22(7,8)32-14-23(9,30)24(25,26)27/h16-18,29-30H,1,10-14H2,2-9H3. The lowest BCUT2D eigenvalue weighted by atomic mass is 9.68. The van der Waals surface area contributed by atoms with Crippen LogP contribution in [0, 0.1) is 11.8 Å². The molecule has 1 aliphatic carbocycles. The van der Waals surface area contributed by atoms with Gasteiger partial charge in [0, 0.05) is 5.57 Å². The molecule has 0 heterocycles. The molecule has 0 aromatic rings. The molecule has 9 heteroatoms. The summed E-state index contributed by atoms with van der Waals surface area (Å²) in [5.41, 5.74) is -5.53. The van der Waals surface area contributed by atoms with E-state index in [-0.39, 0.29) is 24.0 Å². The summed E-state index contributed by atoms with van der Waals surface area (Å²) >= 11 is 0. The Labute approximate surface area is 195 Å². The molecule has 0 radical (unpaired) electrons. The van der Waals surface area contributed by atoms with E-state index in [4.69, 9.17) is 14.2 Å². The Morgan fingerprint density at radius 1 is 0.879 bits per heavy atom. The number of hydrogen-bond acceptors (Lipinski definition) is 6.